The van der Waals surface area contributed by atoms with Crippen molar-refractivity contribution in [2.75, 3.05) is 25.4 Å². The van der Waals surface area contributed by atoms with Gasteiger partial charge in [0.15, 0.2) is 0 Å². The van der Waals surface area contributed by atoms with Gasteiger partial charge < -0.3 is 4.90 Å². The van der Waals surface area contributed by atoms with Gasteiger partial charge in [0.25, 0.3) is 0 Å². The quantitative estimate of drug-likeness (QED) is 0.707. The summed E-state index contributed by atoms with van der Waals surface area (Å²) in [7, 11) is -3.29. The zero-order valence-corrected chi connectivity index (χ0v) is 9.10. The Morgan fingerprint density at radius 3 is 2.46 bits per heavy atom. The first-order valence-electron chi connectivity index (χ1n) is 4.51. The molecule has 1 aliphatic heterocycles. The predicted octanol–water partition coefficient (Wildman–Crippen LogP) is 0.00680. The van der Waals surface area contributed by atoms with Crippen molar-refractivity contribution < 1.29 is 8.42 Å². The first-order chi connectivity index (χ1) is 5.79. The molecule has 0 radical (unpaired) electrons. The van der Waals surface area contributed by atoms with Crippen LogP contribution in [0.2, 0.25) is 0 Å². The molecule has 4 nitrogen and oxygen atoms in total. The summed E-state index contributed by atoms with van der Waals surface area (Å²) in [5.74, 6) is 0.0725. The van der Waals surface area contributed by atoms with Gasteiger partial charge in [-0.05, 0) is 18.4 Å². The third-order valence-electron chi connectivity index (χ3n) is 2.45. The van der Waals surface area contributed by atoms with Crippen LogP contribution in [0.1, 0.15) is 20.3 Å². The fourth-order valence-corrected chi connectivity index (χ4v) is 2.18. The van der Waals surface area contributed by atoms with E-state index in [0.29, 0.717) is 12.0 Å². The van der Waals surface area contributed by atoms with Crippen LogP contribution in [-0.2, 0) is 10.0 Å². The predicted molar refractivity (Wildman–Crippen MR) is 52.8 cm³/mol. The largest absolute Gasteiger partial charge is 0.302 e. The molecule has 0 atom stereocenters. The minimum absolute atomic E-state index is 0.0725. The van der Waals surface area contributed by atoms with Crippen molar-refractivity contribution in [1.29, 1.82) is 0 Å². The van der Waals surface area contributed by atoms with E-state index >= 15 is 0 Å². The SMILES string of the molecule is CC1(C)CCN(CCS(N)(=O)=O)C1. The van der Waals surface area contributed by atoms with Gasteiger partial charge in [0.2, 0.25) is 10.0 Å². The van der Waals surface area contributed by atoms with Crippen molar-refractivity contribution >= 4 is 10.0 Å². The molecule has 0 aromatic carbocycles. The molecule has 0 unspecified atom stereocenters. The molecule has 0 spiro atoms. The summed E-state index contributed by atoms with van der Waals surface area (Å²) >= 11 is 0. The Hall–Kier alpha value is -0.130. The van der Waals surface area contributed by atoms with Gasteiger partial charge in [-0.1, -0.05) is 13.8 Å². The average molecular weight is 206 g/mol. The Kier molecular flexibility index (Phi) is 2.99. The van der Waals surface area contributed by atoms with E-state index < -0.39 is 10.0 Å². The van der Waals surface area contributed by atoms with Gasteiger partial charge in [-0.15, -0.1) is 0 Å². The summed E-state index contributed by atoms with van der Waals surface area (Å²) in [6.07, 6.45) is 1.14. The molecule has 1 aliphatic rings. The van der Waals surface area contributed by atoms with Gasteiger partial charge in [-0.2, -0.15) is 0 Å². The van der Waals surface area contributed by atoms with Crippen LogP contribution in [0.3, 0.4) is 0 Å². The number of nitrogens with two attached hydrogens (primary N) is 1. The number of hydrogen-bond donors (Lipinski definition) is 1. The van der Waals surface area contributed by atoms with Crippen LogP contribution in [0.5, 0.6) is 0 Å². The molecule has 0 saturated carbocycles. The molecule has 0 bridgehead atoms. The second kappa shape index (κ2) is 3.55. The Labute approximate surface area is 80.1 Å². The van der Waals surface area contributed by atoms with E-state index in [4.69, 9.17) is 5.14 Å². The van der Waals surface area contributed by atoms with Gasteiger partial charge in [0, 0.05) is 13.1 Å². The average Bonchev–Trinajstić information content (AvgIpc) is 2.24. The molecule has 5 heteroatoms. The van der Waals surface area contributed by atoms with Gasteiger partial charge >= 0.3 is 0 Å². The van der Waals surface area contributed by atoms with Gasteiger partial charge in [-0.3, -0.25) is 0 Å². The van der Waals surface area contributed by atoms with Crippen LogP contribution >= 0.6 is 0 Å². The zero-order valence-electron chi connectivity index (χ0n) is 8.28. The molecule has 1 saturated heterocycles. The van der Waals surface area contributed by atoms with E-state index in [9.17, 15) is 8.42 Å². The number of sulfonamides is 1. The Bertz CT molecular complexity index is 272. The van der Waals surface area contributed by atoms with Crippen LogP contribution in [0.25, 0.3) is 0 Å². The maximum Gasteiger partial charge on any atom is 0.210 e. The van der Waals surface area contributed by atoms with Crippen molar-refractivity contribution in [2.45, 2.75) is 20.3 Å². The highest BCUT2D eigenvalue weighted by molar-refractivity contribution is 7.89. The second-order valence-corrected chi connectivity index (χ2v) is 6.29. The number of nitrogens with zero attached hydrogens (tertiary/aromatic N) is 1. The maximum atomic E-state index is 10.7. The van der Waals surface area contributed by atoms with E-state index in [1.165, 1.54) is 0 Å². The van der Waals surface area contributed by atoms with E-state index in [1.807, 2.05) is 0 Å². The summed E-state index contributed by atoms with van der Waals surface area (Å²) in [6.45, 7) is 6.93. The monoisotopic (exact) mass is 206 g/mol. The molecule has 13 heavy (non-hydrogen) atoms. The molecule has 2 N–H and O–H groups in total. The van der Waals surface area contributed by atoms with Crippen LogP contribution in [0, 0.1) is 5.41 Å². The first-order valence-corrected chi connectivity index (χ1v) is 6.23. The van der Waals surface area contributed by atoms with Crippen LogP contribution < -0.4 is 5.14 Å². The first kappa shape index (κ1) is 10.9. The van der Waals surface area contributed by atoms with Crippen LogP contribution in [-0.4, -0.2) is 38.7 Å². The lowest BCUT2D eigenvalue weighted by molar-refractivity contribution is 0.304. The van der Waals surface area contributed by atoms with Crippen molar-refractivity contribution in [3.8, 4) is 0 Å². The highest BCUT2D eigenvalue weighted by Gasteiger charge is 2.29. The van der Waals surface area contributed by atoms with E-state index in [2.05, 4.69) is 18.7 Å². The maximum absolute atomic E-state index is 10.7. The van der Waals surface area contributed by atoms with E-state index in [0.717, 1.165) is 19.5 Å². The van der Waals surface area contributed by atoms with Crippen LogP contribution in [0.4, 0.5) is 0 Å². The lowest BCUT2D eigenvalue weighted by Crippen LogP contribution is -2.31. The molecular weight excluding hydrogens is 188 g/mol. The normalized spacial score (nSPS) is 23.6. The topological polar surface area (TPSA) is 63.4 Å². The summed E-state index contributed by atoms with van der Waals surface area (Å²) in [5.41, 5.74) is 0.332. The number of rotatable bonds is 3. The zero-order chi connectivity index (χ0) is 10.1. The molecule has 1 fully saturated rings. The third-order valence-corrected chi connectivity index (χ3v) is 3.20. The Morgan fingerprint density at radius 2 is 2.08 bits per heavy atom. The lowest BCUT2D eigenvalue weighted by Gasteiger charge is -2.18. The van der Waals surface area contributed by atoms with Crippen molar-refractivity contribution in [3.05, 3.63) is 0 Å². The molecule has 0 amide bonds. The molecular formula is C8H18N2O2S. The molecule has 78 valence electrons. The Balaban J connectivity index is 2.34. The van der Waals surface area contributed by atoms with Gasteiger partial charge in [0.05, 0.1) is 5.75 Å². The van der Waals surface area contributed by atoms with Gasteiger partial charge in [0.1, 0.15) is 0 Å². The van der Waals surface area contributed by atoms with Crippen molar-refractivity contribution in [2.24, 2.45) is 10.6 Å². The smallest absolute Gasteiger partial charge is 0.210 e. The molecule has 1 rings (SSSR count). The minimum Gasteiger partial charge on any atom is -0.302 e. The molecule has 0 aromatic rings. The third kappa shape index (κ3) is 4.06. The highest BCUT2D eigenvalue weighted by atomic mass is 32.2. The van der Waals surface area contributed by atoms with Crippen molar-refractivity contribution in [1.82, 2.24) is 4.90 Å². The second-order valence-electron chi connectivity index (χ2n) is 4.56. The number of likely N-dealkylation sites (tertiary alicyclic amines) is 1. The fourth-order valence-electron chi connectivity index (χ4n) is 1.67. The minimum atomic E-state index is -3.29. The van der Waals surface area contributed by atoms with E-state index in [1.54, 1.807) is 0 Å². The Morgan fingerprint density at radius 1 is 1.46 bits per heavy atom. The summed E-state index contributed by atoms with van der Waals surface area (Å²) < 4.78 is 21.4. The number of primary sulfonamides is 1. The summed E-state index contributed by atoms with van der Waals surface area (Å²) in [4.78, 5) is 2.16. The summed E-state index contributed by atoms with van der Waals surface area (Å²) in [5, 5.41) is 4.93. The molecule has 1 heterocycles. The lowest BCUT2D eigenvalue weighted by atomic mass is 9.93. The molecule has 0 aliphatic carbocycles. The summed E-state index contributed by atoms with van der Waals surface area (Å²) in [6, 6.07) is 0. The highest BCUT2D eigenvalue weighted by Crippen LogP contribution is 2.28. The number of hydrogen-bond acceptors (Lipinski definition) is 3. The fraction of sp³-hybridized carbons (Fsp3) is 1.00. The van der Waals surface area contributed by atoms with Gasteiger partial charge in [-0.25, -0.2) is 13.6 Å². The van der Waals surface area contributed by atoms with Crippen LogP contribution in [0.15, 0.2) is 0 Å². The standard InChI is InChI=1S/C8H18N2O2S/c1-8(2)3-4-10(7-8)5-6-13(9,11)12/h3-7H2,1-2H3,(H2,9,11,12). The molecule has 0 aromatic heterocycles. The van der Waals surface area contributed by atoms with Crippen molar-refractivity contribution in [3.63, 3.8) is 0 Å². The van der Waals surface area contributed by atoms with E-state index in [-0.39, 0.29) is 5.75 Å².